The lowest BCUT2D eigenvalue weighted by atomic mass is 10.0. The van der Waals surface area contributed by atoms with Gasteiger partial charge in [0.2, 0.25) is 5.82 Å². The van der Waals surface area contributed by atoms with Gasteiger partial charge in [-0.2, -0.15) is 4.39 Å². The molecule has 2 heterocycles. The highest BCUT2D eigenvalue weighted by Gasteiger charge is 2.35. The third-order valence-electron chi connectivity index (χ3n) is 4.67. The summed E-state index contributed by atoms with van der Waals surface area (Å²) >= 11 is 0. The minimum Gasteiger partial charge on any atom is -0.486 e. The number of benzene rings is 2. The van der Waals surface area contributed by atoms with Crippen LogP contribution in [-0.2, 0) is 0 Å². The molecule has 0 saturated carbocycles. The third kappa shape index (κ3) is 2.65. The Kier molecular flexibility index (Phi) is 3.91. The van der Waals surface area contributed by atoms with E-state index in [0.29, 0.717) is 36.9 Å². The third-order valence-corrected chi connectivity index (χ3v) is 4.67. The van der Waals surface area contributed by atoms with Gasteiger partial charge in [0.15, 0.2) is 11.5 Å². The molecule has 0 spiro atoms. The molecule has 0 aliphatic carbocycles. The lowest BCUT2D eigenvalue weighted by molar-refractivity contribution is -0.386. The molecule has 2 aromatic rings. The molecule has 7 heteroatoms. The van der Waals surface area contributed by atoms with Crippen LogP contribution in [0.25, 0.3) is 0 Å². The van der Waals surface area contributed by atoms with Crippen LogP contribution in [0.3, 0.4) is 0 Å². The number of hydrogen-bond acceptors (Lipinski definition) is 5. The zero-order valence-electron chi connectivity index (χ0n) is 13.5. The van der Waals surface area contributed by atoms with Gasteiger partial charge in [0.25, 0.3) is 0 Å². The number of fused-ring (bicyclic) bond motifs is 1. The standard InChI is InChI=1S/C18H17FN2O4/c19-13-5-2-6-15(17(13)21(22)23)20-9-3-7-14(20)12-4-1-8-16-18(12)25-11-10-24-16/h1-2,4-6,8,14H,3,7,9-11H2/t14-/m1/s1. The first kappa shape index (κ1) is 15.7. The molecule has 0 amide bonds. The molecule has 4 rings (SSSR count). The van der Waals surface area contributed by atoms with Crippen molar-refractivity contribution in [2.45, 2.75) is 18.9 Å². The van der Waals surface area contributed by atoms with E-state index in [4.69, 9.17) is 9.47 Å². The van der Waals surface area contributed by atoms with Crippen molar-refractivity contribution in [1.82, 2.24) is 0 Å². The Bertz CT molecular complexity index is 827. The van der Waals surface area contributed by atoms with Crippen molar-refractivity contribution in [2.24, 2.45) is 0 Å². The summed E-state index contributed by atoms with van der Waals surface area (Å²) in [5, 5.41) is 11.4. The van der Waals surface area contributed by atoms with Gasteiger partial charge in [-0.25, -0.2) is 0 Å². The van der Waals surface area contributed by atoms with Crippen LogP contribution >= 0.6 is 0 Å². The van der Waals surface area contributed by atoms with Crippen LogP contribution in [0.4, 0.5) is 15.8 Å². The molecule has 1 atom stereocenters. The quantitative estimate of drug-likeness (QED) is 0.625. The lowest BCUT2D eigenvalue weighted by Crippen LogP contribution is -2.25. The van der Waals surface area contributed by atoms with E-state index in [1.807, 2.05) is 23.1 Å². The maximum atomic E-state index is 14.0. The van der Waals surface area contributed by atoms with Gasteiger partial charge in [-0.15, -0.1) is 0 Å². The highest BCUT2D eigenvalue weighted by atomic mass is 19.1. The maximum Gasteiger partial charge on any atom is 0.327 e. The Balaban J connectivity index is 1.78. The van der Waals surface area contributed by atoms with Crippen molar-refractivity contribution in [2.75, 3.05) is 24.7 Å². The first-order chi connectivity index (χ1) is 12.2. The van der Waals surface area contributed by atoms with Gasteiger partial charge >= 0.3 is 5.69 Å². The molecule has 0 N–H and O–H groups in total. The molecule has 0 radical (unpaired) electrons. The molecule has 2 aromatic carbocycles. The molecule has 0 bridgehead atoms. The number of nitro benzene ring substituents is 1. The topological polar surface area (TPSA) is 64.8 Å². The first-order valence-corrected chi connectivity index (χ1v) is 8.25. The first-order valence-electron chi connectivity index (χ1n) is 8.25. The van der Waals surface area contributed by atoms with Crippen LogP contribution < -0.4 is 14.4 Å². The van der Waals surface area contributed by atoms with Crippen LogP contribution in [0.2, 0.25) is 0 Å². The Morgan fingerprint density at radius 1 is 1.16 bits per heavy atom. The fourth-order valence-electron chi connectivity index (χ4n) is 3.65. The summed E-state index contributed by atoms with van der Waals surface area (Å²) in [6.07, 6.45) is 1.68. The van der Waals surface area contributed by atoms with Crippen LogP contribution in [0.1, 0.15) is 24.4 Å². The number of halogens is 1. The molecule has 1 saturated heterocycles. The Morgan fingerprint density at radius 2 is 1.96 bits per heavy atom. The zero-order valence-corrected chi connectivity index (χ0v) is 13.5. The van der Waals surface area contributed by atoms with Gasteiger partial charge in [0.05, 0.1) is 11.0 Å². The molecule has 6 nitrogen and oxygen atoms in total. The number of para-hydroxylation sites is 2. The van der Waals surface area contributed by atoms with Crippen molar-refractivity contribution >= 4 is 11.4 Å². The summed E-state index contributed by atoms with van der Waals surface area (Å²) in [5.74, 6) is 0.553. The molecule has 25 heavy (non-hydrogen) atoms. The second-order valence-corrected chi connectivity index (χ2v) is 6.09. The summed E-state index contributed by atoms with van der Waals surface area (Å²) in [4.78, 5) is 12.6. The molecule has 1 fully saturated rings. The van der Waals surface area contributed by atoms with E-state index in [2.05, 4.69) is 0 Å². The fourth-order valence-corrected chi connectivity index (χ4v) is 3.65. The highest BCUT2D eigenvalue weighted by molar-refractivity contribution is 5.66. The second kappa shape index (κ2) is 6.23. The number of nitro groups is 1. The van der Waals surface area contributed by atoms with Crippen molar-refractivity contribution in [1.29, 1.82) is 0 Å². The van der Waals surface area contributed by atoms with Crippen LogP contribution in [-0.4, -0.2) is 24.7 Å². The molecular formula is C18H17FN2O4. The van der Waals surface area contributed by atoms with Crippen molar-refractivity contribution in [3.8, 4) is 11.5 Å². The maximum absolute atomic E-state index is 14.0. The summed E-state index contributed by atoms with van der Waals surface area (Å²) in [6.45, 7) is 1.59. The van der Waals surface area contributed by atoms with Gasteiger partial charge in [0, 0.05) is 12.1 Å². The van der Waals surface area contributed by atoms with Crippen LogP contribution in [0, 0.1) is 15.9 Å². The van der Waals surface area contributed by atoms with E-state index in [1.165, 1.54) is 6.07 Å². The SMILES string of the molecule is O=[N+]([O-])c1c(F)cccc1N1CCC[C@@H]1c1cccc2c1OCCO2. The van der Waals surface area contributed by atoms with Crippen molar-refractivity contribution in [3.63, 3.8) is 0 Å². The minimum atomic E-state index is -0.817. The van der Waals surface area contributed by atoms with E-state index in [-0.39, 0.29) is 6.04 Å². The molecule has 0 unspecified atom stereocenters. The molecule has 2 aliphatic rings. The number of ether oxygens (including phenoxy) is 2. The minimum absolute atomic E-state index is 0.114. The summed E-state index contributed by atoms with van der Waals surface area (Å²) in [5.41, 5.74) is 0.756. The van der Waals surface area contributed by atoms with Gasteiger partial charge in [-0.3, -0.25) is 10.1 Å². The molecule has 2 aliphatic heterocycles. The summed E-state index contributed by atoms with van der Waals surface area (Å²) in [7, 11) is 0. The van der Waals surface area contributed by atoms with E-state index in [1.54, 1.807) is 6.07 Å². The van der Waals surface area contributed by atoms with Gasteiger partial charge in [-0.1, -0.05) is 18.2 Å². The normalized spacial score (nSPS) is 19.1. The number of anilines is 1. The average molecular weight is 344 g/mol. The van der Waals surface area contributed by atoms with Crippen LogP contribution in [0.5, 0.6) is 11.5 Å². The monoisotopic (exact) mass is 344 g/mol. The zero-order chi connectivity index (χ0) is 17.4. The van der Waals surface area contributed by atoms with Crippen LogP contribution in [0.15, 0.2) is 36.4 Å². The highest BCUT2D eigenvalue weighted by Crippen LogP contribution is 2.46. The predicted octanol–water partition coefficient (Wildman–Crippen LogP) is 3.85. The van der Waals surface area contributed by atoms with Gasteiger partial charge in [-0.05, 0) is 31.0 Å². The number of rotatable bonds is 3. The largest absolute Gasteiger partial charge is 0.486 e. The molecule has 0 aromatic heterocycles. The Morgan fingerprint density at radius 3 is 2.80 bits per heavy atom. The van der Waals surface area contributed by atoms with Crippen molar-refractivity contribution < 1.29 is 18.8 Å². The average Bonchev–Trinajstić information content (AvgIpc) is 3.10. The lowest BCUT2D eigenvalue weighted by Gasteiger charge is -2.30. The number of nitrogens with zero attached hydrogens (tertiary/aromatic N) is 2. The van der Waals surface area contributed by atoms with Gasteiger partial charge < -0.3 is 14.4 Å². The Labute approximate surface area is 143 Å². The predicted molar refractivity (Wildman–Crippen MR) is 89.8 cm³/mol. The number of hydrogen-bond donors (Lipinski definition) is 0. The molecular weight excluding hydrogens is 327 g/mol. The van der Waals surface area contributed by atoms with E-state index in [9.17, 15) is 14.5 Å². The van der Waals surface area contributed by atoms with E-state index in [0.717, 1.165) is 24.5 Å². The van der Waals surface area contributed by atoms with E-state index >= 15 is 0 Å². The summed E-state index contributed by atoms with van der Waals surface area (Å²) < 4.78 is 25.5. The second-order valence-electron chi connectivity index (χ2n) is 6.09. The van der Waals surface area contributed by atoms with E-state index < -0.39 is 16.4 Å². The van der Waals surface area contributed by atoms with Crippen molar-refractivity contribution in [3.05, 3.63) is 57.9 Å². The fraction of sp³-hybridized carbons (Fsp3) is 0.333. The smallest absolute Gasteiger partial charge is 0.327 e. The van der Waals surface area contributed by atoms with Gasteiger partial charge in [0.1, 0.15) is 18.9 Å². The summed E-state index contributed by atoms with van der Waals surface area (Å²) in [6, 6.07) is 9.80. The Hall–Kier alpha value is -2.83. The molecule has 130 valence electrons.